The number of carbonyl (C=O) groups is 2. The summed E-state index contributed by atoms with van der Waals surface area (Å²) in [6.45, 7) is 0.664. The van der Waals surface area contributed by atoms with E-state index in [-0.39, 0.29) is 23.8 Å². The van der Waals surface area contributed by atoms with Gasteiger partial charge in [0.2, 0.25) is 0 Å². The normalized spacial score (nSPS) is 24.1. The van der Waals surface area contributed by atoms with E-state index in [0.717, 1.165) is 6.42 Å². The molecule has 6 nitrogen and oxygen atoms in total. The smallest absolute Gasteiger partial charge is 0.275 e. The fourth-order valence-electron chi connectivity index (χ4n) is 3.89. The van der Waals surface area contributed by atoms with Crippen LogP contribution in [-0.2, 0) is 0 Å². The molecule has 0 spiro atoms. The number of fused-ring (bicyclic) bond motifs is 1. The van der Waals surface area contributed by atoms with Crippen molar-refractivity contribution in [1.29, 1.82) is 0 Å². The maximum Gasteiger partial charge on any atom is 0.275 e. The second-order valence-corrected chi connectivity index (χ2v) is 7.26. The summed E-state index contributed by atoms with van der Waals surface area (Å²) in [6, 6.07) is 7.02. The Labute approximate surface area is 150 Å². The summed E-state index contributed by atoms with van der Waals surface area (Å²) in [6.07, 6.45) is 2.24. The lowest BCUT2D eigenvalue weighted by molar-refractivity contribution is 0.0728. The molecule has 130 valence electrons. The molecule has 2 amide bonds. The molecule has 3 heterocycles. The van der Waals surface area contributed by atoms with Gasteiger partial charge >= 0.3 is 0 Å². The molecular weight excluding hydrogens is 342 g/mol. The van der Waals surface area contributed by atoms with Crippen molar-refractivity contribution in [3.8, 4) is 0 Å². The van der Waals surface area contributed by atoms with E-state index in [9.17, 15) is 9.59 Å². The highest BCUT2D eigenvalue weighted by Crippen LogP contribution is 2.53. The lowest BCUT2D eigenvalue weighted by Crippen LogP contribution is -2.40. The average molecular weight is 360 g/mol. The molecule has 2 saturated heterocycles. The second-order valence-electron chi connectivity index (χ2n) is 6.82. The van der Waals surface area contributed by atoms with Gasteiger partial charge in [-0.2, -0.15) is 0 Å². The molecule has 1 aromatic heterocycles. The van der Waals surface area contributed by atoms with Gasteiger partial charge in [0.05, 0.1) is 0 Å². The van der Waals surface area contributed by atoms with Crippen molar-refractivity contribution in [1.82, 2.24) is 14.8 Å². The molecule has 3 atom stereocenters. The highest BCUT2D eigenvalue weighted by molar-refractivity contribution is 6.30. The maximum absolute atomic E-state index is 12.8. The standard InChI is InChI=1S/C18H18ClN3O3/c1-21(2)18(24)15-16(25-9-20-15)14-11-7-13(14)22(8-11)17(23)10-4-3-5-12(19)6-10/h3-6,9,11,13-14H,7-8H2,1-2H3. The fourth-order valence-corrected chi connectivity index (χ4v) is 4.08. The van der Waals surface area contributed by atoms with Crippen LogP contribution in [0.15, 0.2) is 35.1 Å². The van der Waals surface area contributed by atoms with Gasteiger partial charge in [0.25, 0.3) is 11.8 Å². The quantitative estimate of drug-likeness (QED) is 0.845. The molecule has 5 rings (SSSR count). The summed E-state index contributed by atoms with van der Waals surface area (Å²) in [5.41, 5.74) is 0.933. The maximum atomic E-state index is 12.8. The van der Waals surface area contributed by atoms with Crippen LogP contribution in [-0.4, -0.2) is 53.3 Å². The molecule has 3 fully saturated rings. The Bertz CT molecular complexity index is 848. The zero-order valence-corrected chi connectivity index (χ0v) is 14.7. The SMILES string of the molecule is CN(C)C(=O)c1ncoc1C1C2CC1N(C(=O)c1cccc(Cl)c1)C2. The van der Waals surface area contributed by atoms with E-state index >= 15 is 0 Å². The molecule has 1 aliphatic carbocycles. The van der Waals surface area contributed by atoms with Crippen LogP contribution in [0, 0.1) is 5.92 Å². The first-order valence-corrected chi connectivity index (χ1v) is 8.56. The van der Waals surface area contributed by atoms with E-state index in [1.165, 1.54) is 11.3 Å². The number of nitrogens with zero attached hydrogens (tertiary/aromatic N) is 3. The molecule has 1 aromatic carbocycles. The van der Waals surface area contributed by atoms with Crippen LogP contribution in [0.5, 0.6) is 0 Å². The monoisotopic (exact) mass is 359 g/mol. The van der Waals surface area contributed by atoms with Crippen LogP contribution in [0.4, 0.5) is 0 Å². The largest absolute Gasteiger partial charge is 0.447 e. The van der Waals surface area contributed by atoms with E-state index < -0.39 is 0 Å². The zero-order valence-electron chi connectivity index (χ0n) is 14.0. The van der Waals surface area contributed by atoms with E-state index in [1.807, 2.05) is 4.90 Å². The third-order valence-corrected chi connectivity index (χ3v) is 5.37. The summed E-state index contributed by atoms with van der Waals surface area (Å²) in [5, 5.41) is 0.544. The van der Waals surface area contributed by atoms with Crippen molar-refractivity contribution < 1.29 is 14.0 Å². The van der Waals surface area contributed by atoms with Gasteiger partial charge in [-0.05, 0) is 30.5 Å². The Morgan fingerprint density at radius 3 is 2.88 bits per heavy atom. The summed E-state index contributed by atoms with van der Waals surface area (Å²) in [7, 11) is 3.37. The molecule has 0 N–H and O–H groups in total. The number of oxazole rings is 1. The Hall–Kier alpha value is -2.34. The second kappa shape index (κ2) is 5.88. The van der Waals surface area contributed by atoms with Crippen LogP contribution >= 0.6 is 11.6 Å². The van der Waals surface area contributed by atoms with Gasteiger partial charge in [-0.3, -0.25) is 9.59 Å². The summed E-state index contributed by atoms with van der Waals surface area (Å²) >= 11 is 6.00. The zero-order chi connectivity index (χ0) is 17.7. The van der Waals surface area contributed by atoms with Gasteiger partial charge in [-0.1, -0.05) is 17.7 Å². The fraction of sp³-hybridized carbons (Fsp3) is 0.389. The van der Waals surface area contributed by atoms with E-state index in [4.69, 9.17) is 16.0 Å². The van der Waals surface area contributed by atoms with Gasteiger partial charge in [-0.25, -0.2) is 4.98 Å². The van der Waals surface area contributed by atoms with E-state index in [1.54, 1.807) is 38.4 Å². The number of carbonyl (C=O) groups excluding carboxylic acids is 2. The Morgan fingerprint density at radius 2 is 2.16 bits per heavy atom. The molecule has 0 radical (unpaired) electrons. The Balaban J connectivity index is 1.58. The Morgan fingerprint density at radius 1 is 1.36 bits per heavy atom. The molecule has 2 aromatic rings. The first kappa shape index (κ1) is 16.1. The van der Waals surface area contributed by atoms with Gasteiger partial charge in [0.1, 0.15) is 5.76 Å². The van der Waals surface area contributed by atoms with Gasteiger partial charge < -0.3 is 14.2 Å². The van der Waals surface area contributed by atoms with Crippen molar-refractivity contribution in [2.75, 3.05) is 20.6 Å². The topological polar surface area (TPSA) is 66.7 Å². The number of hydrogen-bond acceptors (Lipinski definition) is 4. The molecule has 1 saturated carbocycles. The number of rotatable bonds is 3. The molecule has 3 aliphatic rings. The lowest BCUT2D eigenvalue weighted by Gasteiger charge is -2.35. The number of hydrogen-bond donors (Lipinski definition) is 0. The minimum Gasteiger partial charge on any atom is -0.447 e. The molecule has 3 unspecified atom stereocenters. The van der Waals surface area contributed by atoms with Crippen LogP contribution < -0.4 is 0 Å². The predicted octanol–water partition coefficient (Wildman–Crippen LogP) is 2.66. The van der Waals surface area contributed by atoms with Crippen LogP contribution in [0.25, 0.3) is 0 Å². The van der Waals surface area contributed by atoms with Crippen molar-refractivity contribution >= 4 is 23.4 Å². The van der Waals surface area contributed by atoms with Crippen LogP contribution in [0.1, 0.15) is 38.9 Å². The van der Waals surface area contributed by atoms with Gasteiger partial charge in [-0.15, -0.1) is 0 Å². The first-order valence-electron chi connectivity index (χ1n) is 8.19. The highest BCUT2D eigenvalue weighted by atomic mass is 35.5. The lowest BCUT2D eigenvalue weighted by atomic mass is 9.72. The van der Waals surface area contributed by atoms with Crippen LogP contribution in [0.3, 0.4) is 0 Å². The van der Waals surface area contributed by atoms with Crippen LogP contribution in [0.2, 0.25) is 5.02 Å². The van der Waals surface area contributed by atoms with E-state index in [0.29, 0.717) is 34.5 Å². The minimum atomic E-state index is -0.178. The number of amides is 2. The van der Waals surface area contributed by atoms with Crippen molar-refractivity contribution in [2.45, 2.75) is 18.4 Å². The molecule has 2 bridgehead atoms. The number of aromatic nitrogens is 1. The highest BCUT2D eigenvalue weighted by Gasteiger charge is 2.56. The van der Waals surface area contributed by atoms with Gasteiger partial charge in [0, 0.05) is 43.2 Å². The van der Waals surface area contributed by atoms with Crippen molar-refractivity contribution in [3.05, 3.63) is 52.7 Å². The summed E-state index contributed by atoms with van der Waals surface area (Å²) in [4.78, 5) is 32.6. The third-order valence-electron chi connectivity index (χ3n) is 5.14. The van der Waals surface area contributed by atoms with Crippen molar-refractivity contribution in [2.24, 2.45) is 5.92 Å². The molecular formula is C18H18ClN3O3. The summed E-state index contributed by atoms with van der Waals surface area (Å²) < 4.78 is 5.56. The van der Waals surface area contributed by atoms with Gasteiger partial charge in [0.15, 0.2) is 12.1 Å². The van der Waals surface area contributed by atoms with E-state index in [2.05, 4.69) is 4.98 Å². The molecule has 2 aliphatic heterocycles. The average Bonchev–Trinajstić information content (AvgIpc) is 3.27. The predicted molar refractivity (Wildman–Crippen MR) is 91.6 cm³/mol. The minimum absolute atomic E-state index is 0.0301. The van der Waals surface area contributed by atoms with Crippen molar-refractivity contribution in [3.63, 3.8) is 0 Å². The Kier molecular flexibility index (Phi) is 3.80. The summed E-state index contributed by atoms with van der Waals surface area (Å²) in [5.74, 6) is 0.723. The molecule has 7 heteroatoms. The first-order chi connectivity index (χ1) is 12.0. The number of benzene rings is 1. The third kappa shape index (κ3) is 2.52. The number of halogens is 1. The molecule has 25 heavy (non-hydrogen) atoms.